The number of aromatic nitrogens is 3. The molecule has 0 radical (unpaired) electrons. The molecule has 2 aromatic heterocycles. The van der Waals surface area contributed by atoms with Crippen molar-refractivity contribution in [1.29, 1.82) is 0 Å². The molecular formula is C37H29N3. The van der Waals surface area contributed by atoms with E-state index in [2.05, 4.69) is 102 Å². The summed E-state index contributed by atoms with van der Waals surface area (Å²) in [6, 6.07) is 38.2. The average molecular weight is 516 g/mol. The van der Waals surface area contributed by atoms with E-state index in [-0.39, 0.29) is 0 Å². The molecule has 3 nitrogen and oxygen atoms in total. The van der Waals surface area contributed by atoms with Gasteiger partial charge in [0.1, 0.15) is 0 Å². The highest BCUT2D eigenvalue weighted by atomic mass is 14.9. The first-order valence-electron chi connectivity index (χ1n) is 14.0. The predicted octanol–water partition coefficient (Wildman–Crippen LogP) is 9.65. The Morgan fingerprint density at radius 1 is 0.525 bits per heavy atom. The van der Waals surface area contributed by atoms with Crippen LogP contribution in [-0.4, -0.2) is 15.0 Å². The van der Waals surface area contributed by atoms with Gasteiger partial charge in [0.15, 0.2) is 5.82 Å². The molecule has 192 valence electrons. The van der Waals surface area contributed by atoms with E-state index in [0.717, 1.165) is 63.3 Å². The van der Waals surface area contributed by atoms with Crippen LogP contribution in [0.2, 0.25) is 0 Å². The van der Waals surface area contributed by atoms with Crippen molar-refractivity contribution >= 4 is 16.3 Å². The molecule has 1 aliphatic rings. The van der Waals surface area contributed by atoms with Gasteiger partial charge in [-0.1, -0.05) is 97.1 Å². The van der Waals surface area contributed by atoms with E-state index in [9.17, 15) is 0 Å². The third-order valence-corrected chi connectivity index (χ3v) is 7.72. The molecule has 0 saturated carbocycles. The number of benzene rings is 4. The summed E-state index contributed by atoms with van der Waals surface area (Å²) in [5.41, 5.74) is 9.98. The smallest absolute Gasteiger partial charge is 0.160 e. The summed E-state index contributed by atoms with van der Waals surface area (Å²) < 4.78 is 0. The van der Waals surface area contributed by atoms with E-state index >= 15 is 0 Å². The van der Waals surface area contributed by atoms with Crippen molar-refractivity contribution in [2.45, 2.75) is 25.7 Å². The predicted molar refractivity (Wildman–Crippen MR) is 166 cm³/mol. The molecule has 4 aromatic carbocycles. The van der Waals surface area contributed by atoms with Crippen LogP contribution in [0.5, 0.6) is 0 Å². The molecule has 0 unspecified atom stereocenters. The fourth-order valence-corrected chi connectivity index (χ4v) is 5.63. The number of nitrogens with zero attached hydrogens (tertiary/aromatic N) is 3. The highest BCUT2D eigenvalue weighted by molar-refractivity contribution is 5.96. The number of hydrogen-bond donors (Lipinski definition) is 0. The summed E-state index contributed by atoms with van der Waals surface area (Å²) in [5, 5.41) is 2.32. The first kappa shape index (κ1) is 24.2. The fraction of sp³-hybridized carbons (Fsp3) is 0.108. The molecule has 6 aromatic rings. The highest BCUT2D eigenvalue weighted by Gasteiger charge is 2.14. The van der Waals surface area contributed by atoms with Crippen LogP contribution in [0.3, 0.4) is 0 Å². The molecule has 0 atom stereocenters. The van der Waals surface area contributed by atoms with Crippen LogP contribution in [0.15, 0.2) is 128 Å². The second-order valence-electron chi connectivity index (χ2n) is 10.4. The van der Waals surface area contributed by atoms with Crippen LogP contribution >= 0.6 is 0 Å². The molecule has 40 heavy (non-hydrogen) atoms. The monoisotopic (exact) mass is 515 g/mol. The van der Waals surface area contributed by atoms with Crippen LogP contribution in [0.25, 0.3) is 61.4 Å². The highest BCUT2D eigenvalue weighted by Crippen LogP contribution is 2.34. The summed E-state index contributed by atoms with van der Waals surface area (Å²) in [4.78, 5) is 14.7. The largest absolute Gasteiger partial charge is 0.263 e. The Morgan fingerprint density at radius 2 is 1.20 bits per heavy atom. The molecule has 1 aliphatic carbocycles. The number of hydrogen-bond acceptors (Lipinski definition) is 3. The standard InChI is InChI=1S/C37H29N3/c1-3-11-26(12-4-1)28-16-9-18-30(21-28)35-23-36(40-37(39-35)27-13-5-2-6-14-27)31-19-10-17-29(22-31)34-25-38-24-32-15-7-8-20-33(32)34/h2,5-11,13-25H,1,3-4,12H2. The van der Waals surface area contributed by atoms with E-state index in [4.69, 9.17) is 9.97 Å². The molecule has 0 fully saturated rings. The summed E-state index contributed by atoms with van der Waals surface area (Å²) in [7, 11) is 0. The van der Waals surface area contributed by atoms with E-state index in [1.165, 1.54) is 29.4 Å². The van der Waals surface area contributed by atoms with Gasteiger partial charge in [0.25, 0.3) is 0 Å². The Morgan fingerprint density at radius 3 is 1.98 bits per heavy atom. The van der Waals surface area contributed by atoms with E-state index in [1.54, 1.807) is 0 Å². The van der Waals surface area contributed by atoms with Crippen molar-refractivity contribution in [3.05, 3.63) is 133 Å². The molecular weight excluding hydrogens is 486 g/mol. The molecule has 7 rings (SSSR count). The fourth-order valence-electron chi connectivity index (χ4n) is 5.63. The van der Waals surface area contributed by atoms with Crippen molar-refractivity contribution in [3.63, 3.8) is 0 Å². The summed E-state index contributed by atoms with van der Waals surface area (Å²) in [5.74, 6) is 0.729. The molecule has 0 N–H and O–H groups in total. The van der Waals surface area contributed by atoms with Crippen LogP contribution in [0.1, 0.15) is 31.2 Å². The van der Waals surface area contributed by atoms with Crippen LogP contribution in [0.4, 0.5) is 0 Å². The Labute approximate surface area is 234 Å². The van der Waals surface area contributed by atoms with Gasteiger partial charge in [0, 0.05) is 40.0 Å². The van der Waals surface area contributed by atoms with Crippen LogP contribution in [-0.2, 0) is 0 Å². The van der Waals surface area contributed by atoms with E-state index in [0.29, 0.717) is 0 Å². The lowest BCUT2D eigenvalue weighted by atomic mass is 9.92. The first-order chi connectivity index (χ1) is 19.8. The molecule has 3 heteroatoms. The minimum Gasteiger partial charge on any atom is -0.263 e. The second-order valence-corrected chi connectivity index (χ2v) is 10.4. The van der Waals surface area contributed by atoms with Gasteiger partial charge in [0.2, 0.25) is 0 Å². The Balaban J connectivity index is 1.36. The van der Waals surface area contributed by atoms with Gasteiger partial charge >= 0.3 is 0 Å². The summed E-state index contributed by atoms with van der Waals surface area (Å²) >= 11 is 0. The van der Waals surface area contributed by atoms with Gasteiger partial charge in [-0.15, -0.1) is 0 Å². The summed E-state index contributed by atoms with van der Waals surface area (Å²) in [6.07, 6.45) is 11.1. The zero-order chi connectivity index (χ0) is 26.7. The van der Waals surface area contributed by atoms with Crippen molar-refractivity contribution in [2.75, 3.05) is 0 Å². The van der Waals surface area contributed by atoms with Crippen LogP contribution in [0, 0.1) is 0 Å². The maximum Gasteiger partial charge on any atom is 0.160 e. The Bertz CT molecular complexity index is 1850. The number of fused-ring (bicyclic) bond motifs is 1. The SMILES string of the molecule is C1=C(c2cccc(-c3cc(-c4cccc(-c5cncc6ccccc56)c4)nc(-c4ccccc4)n3)c2)CCCC1. The van der Waals surface area contributed by atoms with Gasteiger partial charge in [-0.2, -0.15) is 0 Å². The Kier molecular flexibility index (Phi) is 6.47. The van der Waals surface area contributed by atoms with Gasteiger partial charge in [-0.25, -0.2) is 9.97 Å². The lowest BCUT2D eigenvalue weighted by Gasteiger charge is -2.15. The van der Waals surface area contributed by atoms with Gasteiger partial charge < -0.3 is 0 Å². The first-order valence-corrected chi connectivity index (χ1v) is 14.0. The quantitative estimate of drug-likeness (QED) is 0.229. The Hall–Kier alpha value is -4.89. The average Bonchev–Trinajstić information content (AvgIpc) is 3.05. The second kappa shape index (κ2) is 10.7. The molecule has 0 aliphatic heterocycles. The third-order valence-electron chi connectivity index (χ3n) is 7.72. The molecule has 0 bridgehead atoms. The van der Waals surface area contributed by atoms with Crippen molar-refractivity contribution < 1.29 is 0 Å². The maximum atomic E-state index is 5.07. The zero-order valence-electron chi connectivity index (χ0n) is 22.3. The molecule has 0 amide bonds. The lowest BCUT2D eigenvalue weighted by molar-refractivity contribution is 0.742. The van der Waals surface area contributed by atoms with E-state index < -0.39 is 0 Å². The normalized spacial score (nSPS) is 13.2. The van der Waals surface area contributed by atoms with Crippen molar-refractivity contribution in [2.24, 2.45) is 0 Å². The van der Waals surface area contributed by atoms with Gasteiger partial charge in [-0.3, -0.25) is 4.98 Å². The molecule has 2 heterocycles. The maximum absolute atomic E-state index is 5.07. The van der Waals surface area contributed by atoms with Gasteiger partial charge in [0.05, 0.1) is 11.4 Å². The minimum atomic E-state index is 0.729. The van der Waals surface area contributed by atoms with Gasteiger partial charge in [-0.05, 0) is 66.0 Å². The van der Waals surface area contributed by atoms with Crippen LogP contribution < -0.4 is 0 Å². The number of pyridine rings is 1. The molecule has 0 saturated heterocycles. The number of rotatable bonds is 5. The summed E-state index contributed by atoms with van der Waals surface area (Å²) in [6.45, 7) is 0. The number of allylic oxidation sites excluding steroid dienone is 2. The van der Waals surface area contributed by atoms with Crippen molar-refractivity contribution in [3.8, 4) is 45.0 Å². The molecule has 0 spiro atoms. The third kappa shape index (κ3) is 4.83. The van der Waals surface area contributed by atoms with Crippen molar-refractivity contribution in [1.82, 2.24) is 15.0 Å². The minimum absolute atomic E-state index is 0.729. The van der Waals surface area contributed by atoms with E-state index in [1.807, 2.05) is 30.6 Å². The zero-order valence-corrected chi connectivity index (χ0v) is 22.3. The topological polar surface area (TPSA) is 38.7 Å². The lowest BCUT2D eigenvalue weighted by Crippen LogP contribution is -1.97.